The Morgan fingerprint density at radius 2 is 1.90 bits per heavy atom. The minimum Gasteiger partial charge on any atom is -0.496 e. The molecule has 0 unspecified atom stereocenters. The molecule has 0 saturated carbocycles. The molecular formula is C15H14BrCl2NO. The molecule has 0 aromatic heterocycles. The van der Waals surface area contributed by atoms with E-state index >= 15 is 0 Å². The third kappa shape index (κ3) is 3.40. The second kappa shape index (κ2) is 6.70. The summed E-state index contributed by atoms with van der Waals surface area (Å²) in [6, 6.07) is 9.82. The standard InChI is InChI=1S/C15H14BrCl2NO/c1-9-3-6-13(20-2)10(7-9)8-19-12-5-4-11(16)14(17)15(12)18/h3-7,19H,8H2,1-2H3. The van der Waals surface area contributed by atoms with Crippen LogP contribution in [0.5, 0.6) is 5.75 Å². The normalized spacial score (nSPS) is 10.4. The predicted molar refractivity (Wildman–Crippen MR) is 89.2 cm³/mol. The molecule has 2 aromatic rings. The molecule has 0 heterocycles. The smallest absolute Gasteiger partial charge is 0.123 e. The summed E-state index contributed by atoms with van der Waals surface area (Å²) >= 11 is 15.7. The van der Waals surface area contributed by atoms with E-state index in [2.05, 4.69) is 27.3 Å². The van der Waals surface area contributed by atoms with Gasteiger partial charge in [-0.25, -0.2) is 0 Å². The first-order valence-corrected chi connectivity index (χ1v) is 7.58. The van der Waals surface area contributed by atoms with Crippen LogP contribution >= 0.6 is 39.1 Å². The van der Waals surface area contributed by atoms with Crippen LogP contribution in [0, 0.1) is 6.92 Å². The summed E-state index contributed by atoms with van der Waals surface area (Å²) in [4.78, 5) is 0. The number of rotatable bonds is 4. The Labute approximate surface area is 137 Å². The monoisotopic (exact) mass is 373 g/mol. The van der Waals surface area contributed by atoms with E-state index < -0.39 is 0 Å². The second-order valence-corrected chi connectivity index (χ2v) is 6.00. The van der Waals surface area contributed by atoms with Crippen molar-refractivity contribution in [3.05, 3.63) is 56.0 Å². The zero-order valence-electron chi connectivity index (χ0n) is 11.1. The third-order valence-electron chi connectivity index (χ3n) is 2.94. The second-order valence-electron chi connectivity index (χ2n) is 4.39. The average Bonchev–Trinajstić information content (AvgIpc) is 2.44. The summed E-state index contributed by atoms with van der Waals surface area (Å²) in [6.07, 6.45) is 0. The molecule has 0 atom stereocenters. The lowest BCUT2D eigenvalue weighted by molar-refractivity contribution is 0.410. The number of methoxy groups -OCH3 is 1. The molecule has 0 fully saturated rings. The SMILES string of the molecule is COc1ccc(C)cc1CNc1ccc(Br)c(Cl)c1Cl. The van der Waals surface area contributed by atoms with E-state index in [9.17, 15) is 0 Å². The van der Waals surface area contributed by atoms with Gasteiger partial charge in [-0.1, -0.05) is 40.9 Å². The molecule has 0 spiro atoms. The first-order chi connectivity index (χ1) is 9.52. The predicted octanol–water partition coefficient (Wildman–Crippen LogP) is 5.69. The van der Waals surface area contributed by atoms with Crippen LogP contribution in [-0.4, -0.2) is 7.11 Å². The molecule has 0 amide bonds. The number of ether oxygens (including phenoxy) is 1. The molecule has 0 bridgehead atoms. The van der Waals surface area contributed by atoms with Gasteiger partial charge < -0.3 is 10.1 Å². The van der Waals surface area contributed by atoms with Crippen molar-refractivity contribution in [1.29, 1.82) is 0 Å². The quantitative estimate of drug-likeness (QED) is 0.694. The van der Waals surface area contributed by atoms with Gasteiger partial charge in [0.15, 0.2) is 0 Å². The van der Waals surface area contributed by atoms with Crippen LogP contribution in [0.1, 0.15) is 11.1 Å². The maximum absolute atomic E-state index is 6.21. The fraction of sp³-hybridized carbons (Fsp3) is 0.200. The van der Waals surface area contributed by atoms with Crippen LogP contribution in [0.25, 0.3) is 0 Å². The molecule has 5 heteroatoms. The lowest BCUT2D eigenvalue weighted by atomic mass is 10.1. The van der Waals surface area contributed by atoms with Gasteiger partial charge in [-0.3, -0.25) is 0 Å². The summed E-state index contributed by atoms with van der Waals surface area (Å²) < 4.78 is 6.14. The molecule has 0 aliphatic heterocycles. The lowest BCUT2D eigenvalue weighted by Crippen LogP contribution is -2.02. The van der Waals surface area contributed by atoms with Gasteiger partial charge in [-0.15, -0.1) is 0 Å². The Bertz CT molecular complexity index is 632. The highest BCUT2D eigenvalue weighted by molar-refractivity contribution is 9.10. The van der Waals surface area contributed by atoms with E-state index in [0.29, 0.717) is 16.6 Å². The van der Waals surface area contributed by atoms with Crippen molar-refractivity contribution in [2.24, 2.45) is 0 Å². The first kappa shape index (κ1) is 15.5. The molecule has 0 radical (unpaired) electrons. The highest BCUT2D eigenvalue weighted by atomic mass is 79.9. The maximum atomic E-state index is 6.21. The van der Waals surface area contributed by atoms with Gasteiger partial charge in [-0.05, 0) is 41.1 Å². The van der Waals surface area contributed by atoms with Crippen molar-refractivity contribution in [2.75, 3.05) is 12.4 Å². The number of hydrogen-bond donors (Lipinski definition) is 1. The summed E-state index contributed by atoms with van der Waals surface area (Å²) in [7, 11) is 1.66. The van der Waals surface area contributed by atoms with Gasteiger partial charge in [0, 0.05) is 16.6 Å². The molecule has 2 nitrogen and oxygen atoms in total. The highest BCUT2D eigenvalue weighted by Gasteiger charge is 2.09. The fourth-order valence-electron chi connectivity index (χ4n) is 1.90. The van der Waals surface area contributed by atoms with Crippen LogP contribution in [0.3, 0.4) is 0 Å². The fourth-order valence-corrected chi connectivity index (χ4v) is 2.74. The van der Waals surface area contributed by atoms with Crippen molar-refractivity contribution in [1.82, 2.24) is 0 Å². The molecule has 0 aliphatic rings. The van der Waals surface area contributed by atoms with Crippen LogP contribution in [0.15, 0.2) is 34.8 Å². The van der Waals surface area contributed by atoms with Crippen LogP contribution < -0.4 is 10.1 Å². The van der Waals surface area contributed by atoms with Gasteiger partial charge in [0.05, 0.1) is 22.8 Å². The first-order valence-electron chi connectivity index (χ1n) is 6.04. The molecule has 0 saturated heterocycles. The summed E-state index contributed by atoms with van der Waals surface area (Å²) in [5, 5.41) is 4.30. The Morgan fingerprint density at radius 1 is 1.15 bits per heavy atom. The zero-order chi connectivity index (χ0) is 14.7. The summed E-state index contributed by atoms with van der Waals surface area (Å²) in [5.41, 5.74) is 3.05. The van der Waals surface area contributed by atoms with Gasteiger partial charge >= 0.3 is 0 Å². The minimum atomic E-state index is 0.507. The molecule has 1 N–H and O–H groups in total. The zero-order valence-corrected chi connectivity index (χ0v) is 14.2. The van der Waals surface area contributed by atoms with E-state index in [1.165, 1.54) is 5.56 Å². The van der Waals surface area contributed by atoms with Crippen LogP contribution in [0.4, 0.5) is 5.69 Å². The van der Waals surface area contributed by atoms with Crippen molar-refractivity contribution in [2.45, 2.75) is 13.5 Å². The summed E-state index contributed by atoms with van der Waals surface area (Å²) in [6.45, 7) is 2.66. The van der Waals surface area contributed by atoms with E-state index in [0.717, 1.165) is 21.5 Å². The Hall–Kier alpha value is -0.900. The minimum absolute atomic E-state index is 0.507. The topological polar surface area (TPSA) is 21.3 Å². The number of anilines is 1. The maximum Gasteiger partial charge on any atom is 0.123 e. The molecule has 2 rings (SSSR count). The van der Waals surface area contributed by atoms with Gasteiger partial charge in [0.2, 0.25) is 0 Å². The largest absolute Gasteiger partial charge is 0.496 e. The van der Waals surface area contributed by atoms with Gasteiger partial charge in [0.1, 0.15) is 5.75 Å². The molecule has 106 valence electrons. The van der Waals surface area contributed by atoms with E-state index in [1.807, 2.05) is 31.2 Å². The Balaban J connectivity index is 2.21. The van der Waals surface area contributed by atoms with Gasteiger partial charge in [-0.2, -0.15) is 0 Å². The Morgan fingerprint density at radius 3 is 2.60 bits per heavy atom. The number of aryl methyl sites for hydroxylation is 1. The summed E-state index contributed by atoms with van der Waals surface area (Å²) in [5.74, 6) is 0.849. The Kier molecular flexibility index (Phi) is 5.19. The van der Waals surface area contributed by atoms with Crippen molar-refractivity contribution in [3.63, 3.8) is 0 Å². The van der Waals surface area contributed by atoms with Crippen LogP contribution in [-0.2, 0) is 6.54 Å². The third-order valence-corrected chi connectivity index (χ3v) is 4.71. The molecule has 2 aromatic carbocycles. The van der Waals surface area contributed by atoms with Gasteiger partial charge in [0.25, 0.3) is 0 Å². The number of halogens is 3. The number of hydrogen-bond acceptors (Lipinski definition) is 2. The van der Waals surface area contributed by atoms with Crippen molar-refractivity contribution in [3.8, 4) is 5.75 Å². The molecule has 0 aliphatic carbocycles. The molecule has 20 heavy (non-hydrogen) atoms. The highest BCUT2D eigenvalue weighted by Crippen LogP contribution is 2.36. The van der Waals surface area contributed by atoms with E-state index in [4.69, 9.17) is 27.9 Å². The van der Waals surface area contributed by atoms with Crippen molar-refractivity contribution >= 4 is 44.8 Å². The number of nitrogens with one attached hydrogen (secondary N) is 1. The van der Waals surface area contributed by atoms with E-state index in [1.54, 1.807) is 7.11 Å². The number of benzene rings is 2. The average molecular weight is 375 g/mol. The molecular weight excluding hydrogens is 361 g/mol. The van der Waals surface area contributed by atoms with Crippen molar-refractivity contribution < 1.29 is 4.74 Å². The lowest BCUT2D eigenvalue weighted by Gasteiger charge is -2.13. The van der Waals surface area contributed by atoms with Crippen LogP contribution in [0.2, 0.25) is 10.0 Å². The van der Waals surface area contributed by atoms with E-state index in [-0.39, 0.29) is 0 Å².